The van der Waals surface area contributed by atoms with E-state index in [1.54, 1.807) is 4.68 Å². The van der Waals surface area contributed by atoms with Crippen LogP contribution in [0, 0.1) is 20.8 Å². The van der Waals surface area contributed by atoms with E-state index < -0.39 is 0 Å². The Morgan fingerprint density at radius 3 is 2.53 bits per heavy atom. The van der Waals surface area contributed by atoms with Crippen LogP contribution in [0.15, 0.2) is 22.7 Å². The van der Waals surface area contributed by atoms with Gasteiger partial charge in [0.2, 0.25) is 0 Å². The van der Waals surface area contributed by atoms with Gasteiger partial charge in [-0.1, -0.05) is 23.8 Å². The first-order valence-corrected chi connectivity index (χ1v) is 6.98. The summed E-state index contributed by atoms with van der Waals surface area (Å²) in [5.74, 6) is 0.126. The number of hydrogen-bond acceptors (Lipinski definition) is 2. The van der Waals surface area contributed by atoms with Gasteiger partial charge in [0.1, 0.15) is 0 Å². The highest BCUT2D eigenvalue weighted by Gasteiger charge is 2.16. The van der Waals surface area contributed by atoms with Crippen LogP contribution in [-0.4, -0.2) is 15.6 Å². The molecule has 0 aliphatic rings. The molecular formula is C15H17BrN2O. The number of benzene rings is 1. The summed E-state index contributed by atoms with van der Waals surface area (Å²) in [6, 6.07) is 5.92. The SMILES string of the molecule is Cc1ccc(C(=O)Cc2c(Br)c(C)nn2C)c(C)c1. The molecule has 4 heteroatoms. The number of aromatic nitrogens is 2. The van der Waals surface area contributed by atoms with Gasteiger partial charge in [-0.3, -0.25) is 9.48 Å². The first-order chi connectivity index (χ1) is 8.90. The van der Waals surface area contributed by atoms with Crippen molar-refractivity contribution < 1.29 is 4.79 Å². The van der Waals surface area contributed by atoms with Crippen LogP contribution in [0.4, 0.5) is 0 Å². The summed E-state index contributed by atoms with van der Waals surface area (Å²) in [4.78, 5) is 12.4. The van der Waals surface area contributed by atoms with Gasteiger partial charge in [0, 0.05) is 12.6 Å². The first kappa shape index (κ1) is 14.0. The number of Topliss-reactive ketones (excluding diaryl/α,β-unsaturated/α-hetero) is 1. The predicted molar refractivity (Wildman–Crippen MR) is 79.6 cm³/mol. The highest BCUT2D eigenvalue weighted by Crippen LogP contribution is 2.22. The third kappa shape index (κ3) is 2.78. The molecule has 0 atom stereocenters. The van der Waals surface area contributed by atoms with Crippen molar-refractivity contribution in [2.45, 2.75) is 27.2 Å². The monoisotopic (exact) mass is 320 g/mol. The number of carbonyl (C=O) groups is 1. The fourth-order valence-electron chi connectivity index (χ4n) is 2.25. The molecule has 1 aromatic heterocycles. The zero-order valence-electron chi connectivity index (χ0n) is 11.6. The maximum Gasteiger partial charge on any atom is 0.169 e. The molecule has 0 fully saturated rings. The zero-order chi connectivity index (χ0) is 14.2. The third-order valence-corrected chi connectivity index (χ3v) is 4.30. The maximum atomic E-state index is 12.4. The molecule has 100 valence electrons. The lowest BCUT2D eigenvalue weighted by Crippen LogP contribution is -2.09. The van der Waals surface area contributed by atoms with Gasteiger partial charge in [0.05, 0.1) is 22.3 Å². The van der Waals surface area contributed by atoms with Crippen LogP contribution in [0.1, 0.15) is 32.9 Å². The van der Waals surface area contributed by atoms with Gasteiger partial charge < -0.3 is 0 Å². The minimum Gasteiger partial charge on any atom is -0.294 e. The molecular weight excluding hydrogens is 304 g/mol. The second-order valence-electron chi connectivity index (χ2n) is 4.89. The number of nitrogens with zero attached hydrogens (tertiary/aromatic N) is 2. The van der Waals surface area contributed by atoms with Gasteiger partial charge in [-0.05, 0) is 42.3 Å². The second-order valence-corrected chi connectivity index (χ2v) is 5.68. The smallest absolute Gasteiger partial charge is 0.169 e. The van der Waals surface area contributed by atoms with Gasteiger partial charge in [-0.15, -0.1) is 0 Å². The Morgan fingerprint density at radius 1 is 1.32 bits per heavy atom. The lowest BCUT2D eigenvalue weighted by Gasteiger charge is -2.07. The Kier molecular flexibility index (Phi) is 3.90. The molecule has 1 heterocycles. The standard InChI is InChI=1S/C15H17BrN2O/c1-9-5-6-12(10(2)7-9)14(19)8-13-15(16)11(3)17-18(13)4/h5-7H,8H2,1-4H3. The second kappa shape index (κ2) is 5.29. The van der Waals surface area contributed by atoms with Crippen LogP contribution in [0.3, 0.4) is 0 Å². The minimum absolute atomic E-state index is 0.126. The lowest BCUT2D eigenvalue weighted by molar-refractivity contribution is 0.0990. The number of carbonyl (C=O) groups excluding carboxylic acids is 1. The maximum absolute atomic E-state index is 12.4. The van der Waals surface area contributed by atoms with Gasteiger partial charge in [0.15, 0.2) is 5.78 Å². The van der Waals surface area contributed by atoms with E-state index in [1.165, 1.54) is 5.56 Å². The molecule has 19 heavy (non-hydrogen) atoms. The molecule has 2 aromatic rings. The normalized spacial score (nSPS) is 10.8. The van der Waals surface area contributed by atoms with Crippen molar-refractivity contribution >= 4 is 21.7 Å². The van der Waals surface area contributed by atoms with E-state index >= 15 is 0 Å². The van der Waals surface area contributed by atoms with Crippen molar-refractivity contribution in [2.75, 3.05) is 0 Å². The summed E-state index contributed by atoms with van der Waals surface area (Å²) in [6.07, 6.45) is 0.363. The van der Waals surface area contributed by atoms with E-state index in [2.05, 4.69) is 21.0 Å². The van der Waals surface area contributed by atoms with Crippen LogP contribution in [0.2, 0.25) is 0 Å². The molecule has 0 saturated heterocycles. The van der Waals surface area contributed by atoms with E-state index in [0.29, 0.717) is 6.42 Å². The fourth-order valence-corrected chi connectivity index (χ4v) is 2.72. The highest BCUT2D eigenvalue weighted by atomic mass is 79.9. The summed E-state index contributed by atoms with van der Waals surface area (Å²) in [7, 11) is 1.86. The molecule has 2 rings (SSSR count). The molecule has 0 bridgehead atoms. The van der Waals surface area contributed by atoms with E-state index in [4.69, 9.17) is 0 Å². The molecule has 0 unspecified atom stereocenters. The Bertz CT molecular complexity index is 644. The van der Waals surface area contributed by atoms with E-state index in [1.807, 2.05) is 46.0 Å². The van der Waals surface area contributed by atoms with Crippen molar-refractivity contribution in [1.29, 1.82) is 0 Å². The molecule has 0 amide bonds. The Morgan fingerprint density at radius 2 is 2.00 bits per heavy atom. The molecule has 0 radical (unpaired) electrons. The fraction of sp³-hybridized carbons (Fsp3) is 0.333. The van der Waals surface area contributed by atoms with Gasteiger partial charge in [0.25, 0.3) is 0 Å². The Balaban J connectivity index is 2.31. The van der Waals surface area contributed by atoms with Gasteiger partial charge in [-0.2, -0.15) is 5.10 Å². The van der Waals surface area contributed by atoms with Crippen molar-refractivity contribution in [2.24, 2.45) is 7.05 Å². The van der Waals surface area contributed by atoms with Crippen molar-refractivity contribution in [3.05, 3.63) is 50.8 Å². The van der Waals surface area contributed by atoms with E-state index in [-0.39, 0.29) is 5.78 Å². The van der Waals surface area contributed by atoms with Crippen molar-refractivity contribution in [1.82, 2.24) is 9.78 Å². The summed E-state index contributed by atoms with van der Waals surface area (Å²) >= 11 is 3.50. The Labute approximate surface area is 121 Å². The molecule has 0 saturated carbocycles. The van der Waals surface area contributed by atoms with Crippen LogP contribution >= 0.6 is 15.9 Å². The summed E-state index contributed by atoms with van der Waals surface area (Å²) in [6.45, 7) is 5.93. The molecule has 0 spiro atoms. The van der Waals surface area contributed by atoms with E-state index in [0.717, 1.165) is 27.0 Å². The summed E-state index contributed by atoms with van der Waals surface area (Å²) < 4.78 is 2.69. The average molecular weight is 321 g/mol. The first-order valence-electron chi connectivity index (χ1n) is 6.18. The van der Waals surface area contributed by atoms with Gasteiger partial charge >= 0.3 is 0 Å². The van der Waals surface area contributed by atoms with E-state index in [9.17, 15) is 4.79 Å². The van der Waals surface area contributed by atoms with Crippen LogP contribution < -0.4 is 0 Å². The molecule has 0 N–H and O–H groups in total. The van der Waals surface area contributed by atoms with Crippen molar-refractivity contribution in [3.63, 3.8) is 0 Å². The largest absolute Gasteiger partial charge is 0.294 e. The van der Waals surface area contributed by atoms with Crippen LogP contribution in [0.5, 0.6) is 0 Å². The number of rotatable bonds is 3. The van der Waals surface area contributed by atoms with Crippen LogP contribution in [0.25, 0.3) is 0 Å². The lowest BCUT2D eigenvalue weighted by atomic mass is 9.99. The molecule has 0 aliphatic heterocycles. The highest BCUT2D eigenvalue weighted by molar-refractivity contribution is 9.10. The summed E-state index contributed by atoms with van der Waals surface area (Å²) in [5.41, 5.74) is 4.82. The number of halogens is 1. The number of hydrogen-bond donors (Lipinski definition) is 0. The molecule has 0 aliphatic carbocycles. The third-order valence-electron chi connectivity index (χ3n) is 3.27. The number of ketones is 1. The van der Waals surface area contributed by atoms with Gasteiger partial charge in [-0.25, -0.2) is 0 Å². The zero-order valence-corrected chi connectivity index (χ0v) is 13.2. The molecule has 3 nitrogen and oxygen atoms in total. The Hall–Kier alpha value is -1.42. The van der Waals surface area contributed by atoms with Crippen LogP contribution in [-0.2, 0) is 13.5 Å². The minimum atomic E-state index is 0.126. The van der Waals surface area contributed by atoms with Crippen molar-refractivity contribution in [3.8, 4) is 0 Å². The quantitative estimate of drug-likeness (QED) is 0.811. The average Bonchev–Trinajstić information content (AvgIpc) is 2.56. The summed E-state index contributed by atoms with van der Waals surface area (Å²) in [5, 5.41) is 4.31. The number of aryl methyl sites for hydroxylation is 4. The molecule has 1 aromatic carbocycles. The predicted octanol–water partition coefficient (Wildman–Crippen LogP) is 3.53. The topological polar surface area (TPSA) is 34.9 Å².